The molecule has 0 spiro atoms. The van der Waals surface area contributed by atoms with E-state index >= 15 is 0 Å². The zero-order chi connectivity index (χ0) is 17.9. The summed E-state index contributed by atoms with van der Waals surface area (Å²) in [5, 5.41) is 0. The van der Waals surface area contributed by atoms with Gasteiger partial charge < -0.3 is 14.5 Å². The van der Waals surface area contributed by atoms with Crippen LogP contribution >= 0.6 is 0 Å². The predicted molar refractivity (Wildman–Crippen MR) is 94.9 cm³/mol. The molecule has 0 saturated carbocycles. The van der Waals surface area contributed by atoms with E-state index in [-0.39, 0.29) is 12.0 Å². The van der Waals surface area contributed by atoms with Crippen LogP contribution in [0.25, 0.3) is 0 Å². The van der Waals surface area contributed by atoms with Gasteiger partial charge in [-0.1, -0.05) is 23.8 Å². The fourth-order valence-electron chi connectivity index (χ4n) is 2.57. The minimum atomic E-state index is -0.541. The molecule has 5 nitrogen and oxygen atoms in total. The van der Waals surface area contributed by atoms with Crippen LogP contribution in [0.5, 0.6) is 0 Å². The van der Waals surface area contributed by atoms with Gasteiger partial charge in [-0.2, -0.15) is 0 Å². The molecule has 0 radical (unpaired) electrons. The van der Waals surface area contributed by atoms with Crippen LogP contribution < -0.4 is 4.90 Å². The molecule has 130 valence electrons. The van der Waals surface area contributed by atoms with Gasteiger partial charge in [0, 0.05) is 24.9 Å². The van der Waals surface area contributed by atoms with Crippen LogP contribution in [0.2, 0.25) is 0 Å². The topological polar surface area (TPSA) is 49.9 Å². The molecule has 0 aliphatic carbocycles. The number of carbonyl (C=O) groups is 2. The summed E-state index contributed by atoms with van der Waals surface area (Å²) in [5.41, 5.74) is 2.20. The van der Waals surface area contributed by atoms with Crippen molar-refractivity contribution in [2.24, 2.45) is 0 Å². The number of ether oxygens (including phenoxy) is 1. The molecule has 0 saturated heterocycles. The van der Waals surface area contributed by atoms with E-state index in [1.165, 1.54) is 0 Å². The van der Waals surface area contributed by atoms with Crippen molar-refractivity contribution >= 4 is 17.7 Å². The second kappa shape index (κ2) is 7.07. The molecule has 0 atom stereocenters. The minimum Gasteiger partial charge on any atom is -0.444 e. The molecule has 0 aromatic heterocycles. The summed E-state index contributed by atoms with van der Waals surface area (Å²) >= 11 is 0. The summed E-state index contributed by atoms with van der Waals surface area (Å²) in [7, 11) is 0. The number of hydrogen-bond donors (Lipinski definition) is 0. The van der Waals surface area contributed by atoms with Crippen LogP contribution in [0.1, 0.15) is 40.2 Å². The Morgan fingerprint density at radius 2 is 1.79 bits per heavy atom. The minimum absolute atomic E-state index is 0.0616. The van der Waals surface area contributed by atoms with Gasteiger partial charge in [-0.3, -0.25) is 4.79 Å². The fraction of sp³-hybridized carbons (Fsp3) is 0.474. The zero-order valence-electron chi connectivity index (χ0n) is 15.1. The lowest BCUT2D eigenvalue weighted by Crippen LogP contribution is -2.40. The first-order valence-electron chi connectivity index (χ1n) is 8.19. The Balaban J connectivity index is 2.29. The van der Waals surface area contributed by atoms with Crippen molar-refractivity contribution < 1.29 is 14.3 Å². The number of para-hydroxylation sites is 1. The molecule has 2 rings (SSSR count). The molecule has 5 heteroatoms. The summed E-state index contributed by atoms with van der Waals surface area (Å²) in [5.74, 6) is -0.0616. The molecular weight excluding hydrogens is 304 g/mol. The Morgan fingerprint density at radius 3 is 2.42 bits per heavy atom. The molecule has 0 bridgehead atoms. The second-order valence-electron chi connectivity index (χ2n) is 7.24. The van der Waals surface area contributed by atoms with Crippen molar-refractivity contribution in [2.45, 2.75) is 46.8 Å². The lowest BCUT2D eigenvalue weighted by atomic mass is 10.1. The Kier molecular flexibility index (Phi) is 5.32. The van der Waals surface area contributed by atoms with E-state index in [2.05, 4.69) is 0 Å². The van der Waals surface area contributed by atoms with Crippen LogP contribution in [-0.2, 0) is 16.1 Å². The van der Waals surface area contributed by atoms with E-state index in [0.717, 1.165) is 16.8 Å². The third-order valence-corrected chi connectivity index (χ3v) is 3.57. The van der Waals surface area contributed by atoms with Crippen molar-refractivity contribution in [3.63, 3.8) is 0 Å². The quantitative estimate of drug-likeness (QED) is 0.737. The van der Waals surface area contributed by atoms with Gasteiger partial charge in [0.15, 0.2) is 0 Å². The summed E-state index contributed by atoms with van der Waals surface area (Å²) in [6.07, 6.45) is 1.27. The van der Waals surface area contributed by atoms with Gasteiger partial charge in [0.25, 0.3) is 5.91 Å². The second-order valence-corrected chi connectivity index (χ2v) is 7.24. The highest BCUT2D eigenvalue weighted by Crippen LogP contribution is 2.26. The number of anilines is 1. The summed E-state index contributed by atoms with van der Waals surface area (Å²) in [4.78, 5) is 28.3. The first-order valence-corrected chi connectivity index (χ1v) is 8.19. The molecule has 24 heavy (non-hydrogen) atoms. The molecule has 0 fully saturated rings. The molecule has 1 aliphatic heterocycles. The number of benzene rings is 1. The lowest BCUT2D eigenvalue weighted by molar-refractivity contribution is -0.114. The van der Waals surface area contributed by atoms with E-state index < -0.39 is 5.60 Å². The number of nitrogens with zero attached hydrogens (tertiary/aromatic N) is 2. The summed E-state index contributed by atoms with van der Waals surface area (Å²) in [6, 6.07) is 7.69. The number of carbonyl (C=O) groups excluding carboxylic acids is 2. The van der Waals surface area contributed by atoms with Crippen LogP contribution in [0.15, 0.2) is 35.9 Å². The maximum Gasteiger partial charge on any atom is 0.410 e. The normalized spacial score (nSPS) is 14.5. The monoisotopic (exact) mass is 330 g/mol. The van der Waals surface area contributed by atoms with E-state index in [9.17, 15) is 9.59 Å². The van der Waals surface area contributed by atoms with Crippen molar-refractivity contribution in [1.82, 2.24) is 4.90 Å². The van der Waals surface area contributed by atoms with E-state index in [0.29, 0.717) is 19.6 Å². The lowest BCUT2D eigenvalue weighted by Gasteiger charge is -2.26. The molecule has 2 amide bonds. The smallest absolute Gasteiger partial charge is 0.410 e. The van der Waals surface area contributed by atoms with Gasteiger partial charge in [-0.15, -0.1) is 0 Å². The van der Waals surface area contributed by atoms with Crippen LogP contribution in [0.3, 0.4) is 0 Å². The Hall–Kier alpha value is -2.30. The van der Waals surface area contributed by atoms with Gasteiger partial charge >= 0.3 is 6.09 Å². The highest BCUT2D eigenvalue weighted by atomic mass is 16.6. The molecule has 1 aromatic carbocycles. The van der Waals surface area contributed by atoms with Gasteiger partial charge in [0.2, 0.25) is 0 Å². The number of amides is 2. The Bertz CT molecular complexity index is 655. The van der Waals surface area contributed by atoms with Gasteiger partial charge in [-0.25, -0.2) is 4.79 Å². The van der Waals surface area contributed by atoms with Gasteiger partial charge in [0.05, 0.1) is 6.54 Å². The number of hydrogen-bond acceptors (Lipinski definition) is 3. The number of rotatable bonds is 1. The van der Waals surface area contributed by atoms with Crippen molar-refractivity contribution in [3.8, 4) is 0 Å². The van der Waals surface area contributed by atoms with E-state index in [1.54, 1.807) is 15.9 Å². The molecule has 0 N–H and O–H groups in total. The average Bonchev–Trinajstić information content (AvgIpc) is 2.64. The maximum absolute atomic E-state index is 12.5. The highest BCUT2D eigenvalue weighted by molar-refractivity contribution is 6.02. The number of allylic oxidation sites excluding steroid dienone is 1. The van der Waals surface area contributed by atoms with Crippen LogP contribution in [0, 0.1) is 0 Å². The van der Waals surface area contributed by atoms with Crippen molar-refractivity contribution in [1.29, 1.82) is 0 Å². The molecular formula is C19H26N2O3. The van der Waals surface area contributed by atoms with Crippen molar-refractivity contribution in [3.05, 3.63) is 41.5 Å². The predicted octanol–water partition coefficient (Wildman–Crippen LogP) is 3.74. The first-order chi connectivity index (χ1) is 11.2. The third kappa shape index (κ3) is 4.60. The summed E-state index contributed by atoms with van der Waals surface area (Å²) in [6.45, 7) is 10.7. The average molecular weight is 330 g/mol. The molecule has 1 aromatic rings. The molecule has 1 aliphatic rings. The van der Waals surface area contributed by atoms with Gasteiger partial charge in [-0.05, 0) is 46.2 Å². The highest BCUT2D eigenvalue weighted by Gasteiger charge is 2.28. The standard InChI is InChI=1S/C19H26N2O3/c1-14(2)12-17(22)21-11-10-20(18(23)24-19(3,4)5)13-15-8-6-7-9-16(15)21/h6-9,12H,10-11,13H2,1-5H3. The first kappa shape index (κ1) is 18.0. The Morgan fingerprint density at radius 1 is 1.12 bits per heavy atom. The van der Waals surface area contributed by atoms with Crippen LogP contribution in [0.4, 0.5) is 10.5 Å². The maximum atomic E-state index is 12.5. The van der Waals surface area contributed by atoms with Gasteiger partial charge in [0.1, 0.15) is 5.60 Å². The van der Waals surface area contributed by atoms with Crippen molar-refractivity contribution in [2.75, 3.05) is 18.0 Å². The largest absolute Gasteiger partial charge is 0.444 e. The number of fused-ring (bicyclic) bond motifs is 1. The zero-order valence-corrected chi connectivity index (χ0v) is 15.1. The fourth-order valence-corrected chi connectivity index (χ4v) is 2.57. The molecule has 0 unspecified atom stereocenters. The van der Waals surface area contributed by atoms with E-state index in [1.807, 2.05) is 58.9 Å². The third-order valence-electron chi connectivity index (χ3n) is 3.57. The Labute approximate surface area is 143 Å². The molecule has 1 heterocycles. The SMILES string of the molecule is CC(C)=CC(=O)N1CCN(C(=O)OC(C)(C)C)Cc2ccccc21. The summed E-state index contributed by atoms with van der Waals surface area (Å²) < 4.78 is 5.48. The van der Waals surface area contributed by atoms with E-state index in [4.69, 9.17) is 4.74 Å². The van der Waals surface area contributed by atoms with Crippen LogP contribution in [-0.4, -0.2) is 35.6 Å².